The number of benzene rings is 1. The quantitative estimate of drug-likeness (QED) is 0.476. The SMILES string of the molecule is C=CC1CCC(OCC(F)(F)Oc2ccc(OCC)c(F)c2F)CC1. The topological polar surface area (TPSA) is 27.7 Å². The van der Waals surface area contributed by atoms with Crippen LogP contribution in [0.2, 0.25) is 0 Å². The normalized spacial score (nSPS) is 21.0. The van der Waals surface area contributed by atoms with E-state index in [1.165, 1.54) is 0 Å². The van der Waals surface area contributed by atoms with Crippen LogP contribution in [0.4, 0.5) is 17.6 Å². The Morgan fingerprint density at radius 2 is 1.72 bits per heavy atom. The van der Waals surface area contributed by atoms with E-state index in [2.05, 4.69) is 11.3 Å². The first-order valence-corrected chi connectivity index (χ1v) is 8.28. The molecule has 1 fully saturated rings. The zero-order chi connectivity index (χ0) is 18.4. The minimum Gasteiger partial charge on any atom is -0.491 e. The van der Waals surface area contributed by atoms with Gasteiger partial charge in [-0.25, -0.2) is 0 Å². The summed E-state index contributed by atoms with van der Waals surface area (Å²) in [6.07, 6.45) is 0.760. The molecule has 0 aliphatic heterocycles. The van der Waals surface area contributed by atoms with Gasteiger partial charge in [0.05, 0.1) is 12.7 Å². The molecule has 0 spiro atoms. The molecule has 0 radical (unpaired) electrons. The van der Waals surface area contributed by atoms with Crippen LogP contribution in [0.1, 0.15) is 32.6 Å². The Bertz CT molecular complexity index is 584. The van der Waals surface area contributed by atoms with Crippen molar-refractivity contribution in [1.82, 2.24) is 0 Å². The second kappa shape index (κ2) is 8.56. The number of allylic oxidation sites excluding steroid dienone is 1. The molecule has 7 heteroatoms. The van der Waals surface area contributed by atoms with Crippen molar-refractivity contribution in [2.24, 2.45) is 5.92 Å². The molecule has 0 bridgehead atoms. The molecule has 0 unspecified atom stereocenters. The first-order valence-electron chi connectivity index (χ1n) is 8.28. The summed E-state index contributed by atoms with van der Waals surface area (Å²) in [7, 11) is 0. The maximum Gasteiger partial charge on any atom is 0.422 e. The van der Waals surface area contributed by atoms with Gasteiger partial charge in [0, 0.05) is 0 Å². The maximum absolute atomic E-state index is 13.9. The Morgan fingerprint density at radius 1 is 1.12 bits per heavy atom. The fraction of sp³-hybridized carbons (Fsp3) is 0.556. The molecule has 1 aromatic carbocycles. The molecule has 0 N–H and O–H groups in total. The zero-order valence-electron chi connectivity index (χ0n) is 14.1. The molecule has 3 nitrogen and oxygen atoms in total. The van der Waals surface area contributed by atoms with Crippen molar-refractivity contribution >= 4 is 0 Å². The number of hydrogen-bond acceptors (Lipinski definition) is 3. The summed E-state index contributed by atoms with van der Waals surface area (Å²) in [6, 6.07) is 1.96. The highest BCUT2D eigenvalue weighted by Crippen LogP contribution is 2.32. The Morgan fingerprint density at radius 3 is 2.32 bits per heavy atom. The number of ether oxygens (including phenoxy) is 3. The molecular weight excluding hydrogens is 340 g/mol. The Labute approximate surface area is 144 Å². The third-order valence-corrected chi connectivity index (χ3v) is 4.11. The highest BCUT2D eigenvalue weighted by atomic mass is 19.3. The van der Waals surface area contributed by atoms with Crippen molar-refractivity contribution in [3.05, 3.63) is 36.4 Å². The molecule has 0 heterocycles. The summed E-state index contributed by atoms with van der Waals surface area (Å²) in [5.74, 6) is -3.73. The van der Waals surface area contributed by atoms with E-state index < -0.39 is 30.1 Å². The van der Waals surface area contributed by atoms with Gasteiger partial charge in [-0.15, -0.1) is 6.58 Å². The Balaban J connectivity index is 1.92. The molecule has 1 saturated carbocycles. The van der Waals surface area contributed by atoms with Gasteiger partial charge in [-0.3, -0.25) is 0 Å². The van der Waals surface area contributed by atoms with Crippen LogP contribution < -0.4 is 9.47 Å². The molecule has 0 amide bonds. The first-order chi connectivity index (χ1) is 11.9. The highest BCUT2D eigenvalue weighted by Gasteiger charge is 2.35. The van der Waals surface area contributed by atoms with Crippen LogP contribution in [0.25, 0.3) is 0 Å². The Kier molecular flexibility index (Phi) is 6.70. The van der Waals surface area contributed by atoms with Gasteiger partial charge in [-0.1, -0.05) is 6.08 Å². The fourth-order valence-electron chi connectivity index (χ4n) is 2.76. The first kappa shape index (κ1) is 19.6. The molecule has 2 rings (SSSR count). The van der Waals surface area contributed by atoms with Crippen LogP contribution in [-0.4, -0.2) is 25.4 Å². The fourth-order valence-corrected chi connectivity index (χ4v) is 2.76. The van der Waals surface area contributed by atoms with Gasteiger partial charge in [0.1, 0.15) is 0 Å². The van der Waals surface area contributed by atoms with Crippen LogP contribution >= 0.6 is 0 Å². The van der Waals surface area contributed by atoms with E-state index in [9.17, 15) is 17.6 Å². The average molecular weight is 362 g/mol. The van der Waals surface area contributed by atoms with E-state index in [1.54, 1.807) is 6.92 Å². The summed E-state index contributed by atoms with van der Waals surface area (Å²) in [5.41, 5.74) is 0. The lowest BCUT2D eigenvalue weighted by Crippen LogP contribution is -2.34. The van der Waals surface area contributed by atoms with Gasteiger partial charge in [-0.05, 0) is 50.7 Å². The van der Waals surface area contributed by atoms with Gasteiger partial charge >= 0.3 is 6.11 Å². The lowest BCUT2D eigenvalue weighted by molar-refractivity contribution is -0.223. The van der Waals surface area contributed by atoms with Crippen molar-refractivity contribution in [2.45, 2.75) is 44.8 Å². The molecular formula is C18H22F4O3. The van der Waals surface area contributed by atoms with Gasteiger partial charge in [0.25, 0.3) is 0 Å². The van der Waals surface area contributed by atoms with E-state index in [-0.39, 0.29) is 18.5 Å². The monoisotopic (exact) mass is 362 g/mol. The molecule has 25 heavy (non-hydrogen) atoms. The van der Waals surface area contributed by atoms with Crippen LogP contribution in [0.15, 0.2) is 24.8 Å². The molecule has 1 aromatic rings. The standard InChI is InChI=1S/C18H22F4O3/c1-3-12-5-7-13(8-6-12)24-11-18(21,22)25-15-10-9-14(23-4-2)16(19)17(15)20/h3,9-10,12-13H,1,4-8,11H2,2H3. The van der Waals surface area contributed by atoms with E-state index in [4.69, 9.17) is 9.47 Å². The summed E-state index contributed by atoms with van der Waals surface area (Å²) in [6.45, 7) is 4.41. The van der Waals surface area contributed by atoms with Gasteiger partial charge in [-0.2, -0.15) is 17.6 Å². The average Bonchev–Trinajstić information content (AvgIpc) is 2.60. The van der Waals surface area contributed by atoms with Crippen molar-refractivity contribution in [2.75, 3.05) is 13.2 Å². The Hall–Kier alpha value is -1.76. The number of rotatable bonds is 8. The second-order valence-electron chi connectivity index (χ2n) is 5.95. The van der Waals surface area contributed by atoms with E-state index >= 15 is 0 Å². The van der Waals surface area contributed by atoms with Crippen LogP contribution in [-0.2, 0) is 4.74 Å². The van der Waals surface area contributed by atoms with Crippen molar-refractivity contribution in [3.63, 3.8) is 0 Å². The maximum atomic E-state index is 13.9. The lowest BCUT2D eigenvalue weighted by atomic mass is 9.87. The van der Waals surface area contributed by atoms with Crippen LogP contribution in [0.5, 0.6) is 11.5 Å². The highest BCUT2D eigenvalue weighted by molar-refractivity contribution is 5.35. The number of hydrogen-bond donors (Lipinski definition) is 0. The van der Waals surface area contributed by atoms with Gasteiger partial charge < -0.3 is 14.2 Å². The summed E-state index contributed by atoms with van der Waals surface area (Å²) in [4.78, 5) is 0. The third-order valence-electron chi connectivity index (χ3n) is 4.11. The van der Waals surface area contributed by atoms with Crippen molar-refractivity contribution in [3.8, 4) is 11.5 Å². The lowest BCUT2D eigenvalue weighted by Gasteiger charge is -2.28. The number of halogens is 4. The van der Waals surface area contributed by atoms with Crippen molar-refractivity contribution in [1.29, 1.82) is 0 Å². The molecule has 1 aliphatic rings. The zero-order valence-corrected chi connectivity index (χ0v) is 14.1. The minimum atomic E-state index is -3.77. The van der Waals surface area contributed by atoms with Gasteiger partial charge in [0.15, 0.2) is 18.1 Å². The van der Waals surface area contributed by atoms with E-state index in [0.29, 0.717) is 18.8 Å². The smallest absolute Gasteiger partial charge is 0.422 e. The third kappa shape index (κ3) is 5.36. The predicted molar refractivity (Wildman–Crippen MR) is 85.0 cm³/mol. The van der Waals surface area contributed by atoms with Gasteiger partial charge in [0.2, 0.25) is 11.6 Å². The number of alkyl halides is 2. The molecule has 0 aromatic heterocycles. The summed E-state index contributed by atoms with van der Waals surface area (Å²) in [5, 5.41) is 0. The van der Waals surface area contributed by atoms with Crippen LogP contribution in [0, 0.1) is 17.6 Å². The molecule has 0 atom stereocenters. The largest absolute Gasteiger partial charge is 0.491 e. The van der Waals surface area contributed by atoms with Crippen molar-refractivity contribution < 1.29 is 31.8 Å². The minimum absolute atomic E-state index is 0.120. The summed E-state index contributed by atoms with van der Waals surface area (Å²) >= 11 is 0. The molecule has 1 aliphatic carbocycles. The molecule has 140 valence electrons. The molecule has 0 saturated heterocycles. The van der Waals surface area contributed by atoms with Crippen LogP contribution in [0.3, 0.4) is 0 Å². The van der Waals surface area contributed by atoms with E-state index in [0.717, 1.165) is 25.0 Å². The summed E-state index contributed by atoms with van der Waals surface area (Å²) < 4.78 is 69.7. The predicted octanol–water partition coefficient (Wildman–Crippen LogP) is 5.10. The second-order valence-corrected chi connectivity index (χ2v) is 5.95. The van der Waals surface area contributed by atoms with E-state index in [1.807, 2.05) is 6.08 Å².